The molecular formula is C14H10Cl3N3. The van der Waals surface area contributed by atoms with Crippen LogP contribution in [0.4, 0.5) is 0 Å². The molecule has 3 nitrogen and oxygen atoms in total. The molecule has 0 atom stereocenters. The van der Waals surface area contributed by atoms with Gasteiger partial charge in [0, 0.05) is 6.20 Å². The van der Waals surface area contributed by atoms with Gasteiger partial charge in [0.2, 0.25) is 0 Å². The van der Waals surface area contributed by atoms with Crippen molar-refractivity contribution in [3.8, 4) is 5.69 Å². The molecule has 0 fully saturated rings. The molecule has 0 saturated heterocycles. The molecule has 0 unspecified atom stereocenters. The van der Waals surface area contributed by atoms with E-state index in [-0.39, 0.29) is 5.88 Å². The van der Waals surface area contributed by atoms with Gasteiger partial charge in [-0.05, 0) is 30.7 Å². The van der Waals surface area contributed by atoms with Crippen LogP contribution in [0, 0.1) is 6.92 Å². The van der Waals surface area contributed by atoms with Crippen LogP contribution in [-0.4, -0.2) is 14.5 Å². The Hall–Kier alpha value is -1.29. The van der Waals surface area contributed by atoms with E-state index < -0.39 is 0 Å². The minimum atomic E-state index is 0.247. The number of pyridine rings is 1. The van der Waals surface area contributed by atoms with Crippen LogP contribution in [0.5, 0.6) is 0 Å². The number of nitrogens with zero attached hydrogens (tertiary/aromatic N) is 3. The molecule has 0 aliphatic rings. The van der Waals surface area contributed by atoms with Gasteiger partial charge in [0.25, 0.3) is 0 Å². The Balaban J connectivity index is 2.40. The zero-order chi connectivity index (χ0) is 14.3. The van der Waals surface area contributed by atoms with E-state index in [0.717, 1.165) is 11.1 Å². The third-order valence-corrected chi connectivity index (χ3v) is 3.83. The third-order valence-electron chi connectivity index (χ3n) is 2.98. The molecule has 3 aromatic rings. The summed E-state index contributed by atoms with van der Waals surface area (Å²) >= 11 is 18.6. The van der Waals surface area contributed by atoms with E-state index in [9.17, 15) is 0 Å². The van der Waals surface area contributed by atoms with Gasteiger partial charge in [-0.25, -0.2) is 9.97 Å². The second-order valence-electron chi connectivity index (χ2n) is 4.42. The van der Waals surface area contributed by atoms with E-state index in [1.807, 2.05) is 17.6 Å². The second kappa shape index (κ2) is 5.24. The first-order chi connectivity index (χ1) is 9.61. The number of aromatic nitrogens is 3. The Morgan fingerprint density at radius 1 is 1.20 bits per heavy atom. The molecule has 1 aromatic carbocycles. The Morgan fingerprint density at radius 3 is 2.55 bits per heavy atom. The molecule has 0 amide bonds. The van der Waals surface area contributed by atoms with Crippen molar-refractivity contribution in [2.45, 2.75) is 12.8 Å². The van der Waals surface area contributed by atoms with Gasteiger partial charge < -0.3 is 0 Å². The number of hydrogen-bond acceptors (Lipinski definition) is 2. The molecule has 20 heavy (non-hydrogen) atoms. The highest BCUT2D eigenvalue weighted by molar-refractivity contribution is 6.37. The van der Waals surface area contributed by atoms with E-state index >= 15 is 0 Å². The molecule has 0 N–H and O–H groups in total. The van der Waals surface area contributed by atoms with E-state index in [2.05, 4.69) is 9.97 Å². The van der Waals surface area contributed by atoms with Crippen LogP contribution in [0.1, 0.15) is 11.4 Å². The molecule has 3 rings (SSSR count). The van der Waals surface area contributed by atoms with Gasteiger partial charge in [-0.2, -0.15) is 0 Å². The molecule has 2 aromatic heterocycles. The van der Waals surface area contributed by atoms with Crippen molar-refractivity contribution in [3.05, 3.63) is 51.9 Å². The van der Waals surface area contributed by atoms with E-state index in [1.54, 1.807) is 24.4 Å². The number of rotatable bonds is 2. The summed E-state index contributed by atoms with van der Waals surface area (Å²) < 4.78 is 1.81. The summed E-state index contributed by atoms with van der Waals surface area (Å²) in [5, 5.41) is 1.07. The van der Waals surface area contributed by atoms with Crippen LogP contribution in [0.2, 0.25) is 10.0 Å². The number of imidazole rings is 1. The predicted octanol–water partition coefficient (Wildman–Crippen LogP) is 4.77. The van der Waals surface area contributed by atoms with Crippen LogP contribution < -0.4 is 0 Å². The highest BCUT2D eigenvalue weighted by atomic mass is 35.5. The summed E-state index contributed by atoms with van der Waals surface area (Å²) in [6, 6.07) is 7.31. The number of aryl methyl sites for hydroxylation is 1. The SMILES string of the molecule is Cc1cnc2c(c1)nc(CCl)n2-c1c(Cl)cccc1Cl. The minimum absolute atomic E-state index is 0.247. The molecule has 0 aliphatic carbocycles. The van der Waals surface area contributed by atoms with Gasteiger partial charge in [-0.15, -0.1) is 11.6 Å². The second-order valence-corrected chi connectivity index (χ2v) is 5.50. The number of halogens is 3. The number of fused-ring (bicyclic) bond motifs is 1. The maximum absolute atomic E-state index is 6.28. The van der Waals surface area contributed by atoms with Crippen molar-refractivity contribution in [1.82, 2.24) is 14.5 Å². The lowest BCUT2D eigenvalue weighted by molar-refractivity contribution is 0.970. The molecule has 0 aliphatic heterocycles. The van der Waals surface area contributed by atoms with Crippen molar-refractivity contribution in [2.24, 2.45) is 0 Å². The molecular weight excluding hydrogens is 317 g/mol. The summed E-state index contributed by atoms with van der Waals surface area (Å²) in [5.41, 5.74) is 3.16. The first-order valence-electron chi connectivity index (χ1n) is 5.96. The standard InChI is InChI=1S/C14H10Cl3N3/c1-8-5-11-14(18-7-8)20(12(6-15)19-11)13-9(16)3-2-4-10(13)17/h2-5,7H,6H2,1H3. The van der Waals surface area contributed by atoms with Crippen molar-refractivity contribution in [1.29, 1.82) is 0 Å². The van der Waals surface area contributed by atoms with Crippen LogP contribution in [0.3, 0.4) is 0 Å². The van der Waals surface area contributed by atoms with Crippen molar-refractivity contribution >= 4 is 46.0 Å². The average Bonchev–Trinajstić information content (AvgIpc) is 2.76. The number of hydrogen-bond donors (Lipinski definition) is 0. The highest BCUT2D eigenvalue weighted by Crippen LogP contribution is 2.32. The zero-order valence-corrected chi connectivity index (χ0v) is 12.8. The Kier molecular flexibility index (Phi) is 3.59. The predicted molar refractivity (Wildman–Crippen MR) is 83.2 cm³/mol. The number of para-hydroxylation sites is 1. The summed E-state index contributed by atoms with van der Waals surface area (Å²) in [4.78, 5) is 8.93. The van der Waals surface area contributed by atoms with E-state index in [1.165, 1.54) is 0 Å². The monoisotopic (exact) mass is 325 g/mol. The highest BCUT2D eigenvalue weighted by Gasteiger charge is 2.17. The maximum Gasteiger partial charge on any atom is 0.164 e. The smallest absolute Gasteiger partial charge is 0.164 e. The lowest BCUT2D eigenvalue weighted by Crippen LogP contribution is -2.02. The summed E-state index contributed by atoms with van der Waals surface area (Å²) in [6.45, 7) is 1.97. The van der Waals surface area contributed by atoms with E-state index in [0.29, 0.717) is 27.2 Å². The molecule has 102 valence electrons. The zero-order valence-electron chi connectivity index (χ0n) is 10.6. The Labute approximate surface area is 131 Å². The number of benzene rings is 1. The molecule has 0 spiro atoms. The average molecular weight is 327 g/mol. The topological polar surface area (TPSA) is 30.7 Å². The van der Waals surface area contributed by atoms with Gasteiger partial charge in [-0.3, -0.25) is 4.57 Å². The third kappa shape index (κ3) is 2.16. The molecule has 0 radical (unpaired) electrons. The quantitative estimate of drug-likeness (QED) is 0.635. The minimum Gasteiger partial charge on any atom is -0.277 e. The van der Waals surface area contributed by atoms with Gasteiger partial charge in [0.15, 0.2) is 5.65 Å². The number of alkyl halides is 1. The van der Waals surface area contributed by atoms with Crippen LogP contribution in [0.15, 0.2) is 30.5 Å². The Morgan fingerprint density at radius 2 is 1.90 bits per heavy atom. The molecule has 2 heterocycles. The summed E-state index contributed by atoms with van der Waals surface area (Å²) in [6.07, 6.45) is 1.78. The summed E-state index contributed by atoms with van der Waals surface area (Å²) in [7, 11) is 0. The lowest BCUT2D eigenvalue weighted by atomic mass is 10.3. The summed E-state index contributed by atoms with van der Waals surface area (Å²) in [5.74, 6) is 0.909. The maximum atomic E-state index is 6.28. The first kappa shape index (κ1) is 13.7. The van der Waals surface area contributed by atoms with E-state index in [4.69, 9.17) is 34.8 Å². The fraction of sp³-hybridized carbons (Fsp3) is 0.143. The first-order valence-corrected chi connectivity index (χ1v) is 7.25. The Bertz CT molecular complexity index is 775. The van der Waals surface area contributed by atoms with Crippen molar-refractivity contribution in [2.75, 3.05) is 0 Å². The van der Waals surface area contributed by atoms with Gasteiger partial charge in [0.1, 0.15) is 11.3 Å². The molecule has 0 saturated carbocycles. The van der Waals surface area contributed by atoms with Crippen LogP contribution in [-0.2, 0) is 5.88 Å². The lowest BCUT2D eigenvalue weighted by Gasteiger charge is -2.11. The van der Waals surface area contributed by atoms with Gasteiger partial charge >= 0.3 is 0 Å². The molecule has 6 heteroatoms. The van der Waals surface area contributed by atoms with Crippen LogP contribution in [0.25, 0.3) is 16.9 Å². The van der Waals surface area contributed by atoms with Gasteiger partial charge in [0.05, 0.1) is 21.6 Å². The van der Waals surface area contributed by atoms with Crippen molar-refractivity contribution in [3.63, 3.8) is 0 Å². The van der Waals surface area contributed by atoms with Gasteiger partial charge in [-0.1, -0.05) is 29.3 Å². The normalized spacial score (nSPS) is 11.2. The largest absolute Gasteiger partial charge is 0.277 e. The fourth-order valence-electron chi connectivity index (χ4n) is 2.14. The van der Waals surface area contributed by atoms with Crippen molar-refractivity contribution < 1.29 is 0 Å². The fourth-order valence-corrected chi connectivity index (χ4v) is 2.89. The van der Waals surface area contributed by atoms with Crippen LogP contribution >= 0.6 is 34.8 Å². The molecule has 0 bridgehead atoms.